The van der Waals surface area contributed by atoms with Gasteiger partial charge in [0.2, 0.25) is 0 Å². The minimum atomic E-state index is -0.117. The van der Waals surface area contributed by atoms with Crippen molar-refractivity contribution >= 4 is 23.6 Å². The fourth-order valence-corrected chi connectivity index (χ4v) is 3.13. The topological polar surface area (TPSA) is 41.6 Å². The Hall–Kier alpha value is -2.30. The van der Waals surface area contributed by atoms with E-state index in [1.807, 2.05) is 73.6 Å². The van der Waals surface area contributed by atoms with E-state index >= 15 is 0 Å². The predicted molar refractivity (Wildman–Crippen MR) is 101 cm³/mol. The van der Waals surface area contributed by atoms with Crippen LogP contribution in [-0.4, -0.2) is 38.1 Å². The lowest BCUT2D eigenvalue weighted by atomic mass is 10.0. The number of rotatable bonds is 5. The summed E-state index contributed by atoms with van der Waals surface area (Å²) in [6, 6.07) is 15.4. The molecule has 1 aliphatic rings. The van der Waals surface area contributed by atoms with Gasteiger partial charge in [-0.05, 0) is 37.9 Å². The summed E-state index contributed by atoms with van der Waals surface area (Å²) in [6.45, 7) is 0.746. The van der Waals surface area contributed by atoms with Crippen molar-refractivity contribution in [1.29, 1.82) is 0 Å². The van der Waals surface area contributed by atoms with Crippen LogP contribution in [0.15, 0.2) is 54.1 Å². The fourth-order valence-electron chi connectivity index (χ4n) is 2.87. The summed E-state index contributed by atoms with van der Waals surface area (Å²) in [7, 11) is 3.94. The second-order valence-corrected chi connectivity index (χ2v) is 6.61. The number of benzene rings is 2. The average molecular weight is 357 g/mol. The Balaban J connectivity index is 1.71. The van der Waals surface area contributed by atoms with Crippen molar-refractivity contribution in [2.24, 2.45) is 0 Å². The van der Waals surface area contributed by atoms with Gasteiger partial charge in [0, 0.05) is 17.1 Å². The Labute approximate surface area is 153 Å². The van der Waals surface area contributed by atoms with E-state index in [2.05, 4.69) is 5.32 Å². The number of likely N-dealkylation sites (N-methyl/N-ethyl adjacent to an activating group) is 1. The SMILES string of the molecule is CN(C)C(CNC(=O)C1=Cc2ccccc2OC1)c1ccccc1Cl. The van der Waals surface area contributed by atoms with Crippen molar-refractivity contribution in [1.82, 2.24) is 10.2 Å². The standard InChI is InChI=1S/C20H21ClN2O2/c1-23(2)18(16-8-4-5-9-17(16)21)12-22-20(24)15-11-14-7-3-6-10-19(14)25-13-15/h3-11,18H,12-13H2,1-2H3,(H,22,24). The Morgan fingerprint density at radius 1 is 1.20 bits per heavy atom. The number of amides is 1. The number of nitrogens with one attached hydrogen (secondary N) is 1. The third-order valence-electron chi connectivity index (χ3n) is 4.27. The number of carbonyl (C=O) groups is 1. The van der Waals surface area contributed by atoms with Crippen LogP contribution in [-0.2, 0) is 4.79 Å². The highest BCUT2D eigenvalue weighted by Crippen LogP contribution is 2.27. The molecule has 0 saturated heterocycles. The third-order valence-corrected chi connectivity index (χ3v) is 4.61. The molecule has 25 heavy (non-hydrogen) atoms. The van der Waals surface area contributed by atoms with E-state index < -0.39 is 0 Å². The molecule has 3 rings (SSSR count). The lowest BCUT2D eigenvalue weighted by Gasteiger charge is -2.26. The zero-order valence-corrected chi connectivity index (χ0v) is 15.1. The van der Waals surface area contributed by atoms with Gasteiger partial charge in [-0.15, -0.1) is 0 Å². The molecule has 0 bridgehead atoms. The second kappa shape index (κ2) is 7.72. The number of halogens is 1. The Morgan fingerprint density at radius 3 is 2.68 bits per heavy atom. The Kier molecular flexibility index (Phi) is 5.41. The summed E-state index contributed by atoms with van der Waals surface area (Å²) < 4.78 is 5.65. The number of nitrogens with zero attached hydrogens (tertiary/aromatic N) is 1. The van der Waals surface area contributed by atoms with E-state index in [1.54, 1.807) is 0 Å². The fraction of sp³-hybridized carbons (Fsp3) is 0.250. The lowest BCUT2D eigenvalue weighted by molar-refractivity contribution is -0.118. The van der Waals surface area contributed by atoms with Crippen LogP contribution in [0, 0.1) is 0 Å². The number of carbonyl (C=O) groups excluding carboxylic acids is 1. The Morgan fingerprint density at radius 2 is 1.92 bits per heavy atom. The number of para-hydroxylation sites is 1. The molecule has 4 nitrogen and oxygen atoms in total. The quantitative estimate of drug-likeness (QED) is 0.891. The van der Waals surface area contributed by atoms with E-state index in [-0.39, 0.29) is 18.6 Å². The van der Waals surface area contributed by atoms with Crippen molar-refractivity contribution in [3.05, 3.63) is 70.3 Å². The third kappa shape index (κ3) is 4.03. The first kappa shape index (κ1) is 17.5. The molecule has 1 amide bonds. The molecule has 0 aromatic heterocycles. The maximum Gasteiger partial charge on any atom is 0.250 e. The van der Waals surface area contributed by atoms with Crippen LogP contribution in [0.1, 0.15) is 17.2 Å². The highest BCUT2D eigenvalue weighted by molar-refractivity contribution is 6.31. The summed E-state index contributed by atoms with van der Waals surface area (Å²) in [5, 5.41) is 3.70. The molecule has 1 heterocycles. The second-order valence-electron chi connectivity index (χ2n) is 6.21. The van der Waals surface area contributed by atoms with E-state index in [9.17, 15) is 4.79 Å². The molecule has 0 aliphatic carbocycles. The van der Waals surface area contributed by atoms with Gasteiger partial charge in [-0.2, -0.15) is 0 Å². The molecule has 2 aromatic rings. The van der Waals surface area contributed by atoms with Crippen LogP contribution in [0.4, 0.5) is 0 Å². The summed E-state index contributed by atoms with van der Waals surface area (Å²) in [4.78, 5) is 14.6. The van der Waals surface area contributed by atoms with Gasteiger partial charge in [0.1, 0.15) is 12.4 Å². The first-order valence-corrected chi connectivity index (χ1v) is 8.55. The van der Waals surface area contributed by atoms with Gasteiger partial charge >= 0.3 is 0 Å². The van der Waals surface area contributed by atoms with Crippen molar-refractivity contribution in [3.63, 3.8) is 0 Å². The van der Waals surface area contributed by atoms with Gasteiger partial charge in [0.25, 0.3) is 5.91 Å². The summed E-state index contributed by atoms with van der Waals surface area (Å²) >= 11 is 6.31. The summed E-state index contributed by atoms with van der Waals surface area (Å²) in [5.41, 5.74) is 2.54. The minimum Gasteiger partial charge on any atom is -0.488 e. The van der Waals surface area contributed by atoms with Crippen LogP contribution >= 0.6 is 11.6 Å². The maximum atomic E-state index is 12.5. The van der Waals surface area contributed by atoms with Gasteiger partial charge in [-0.1, -0.05) is 48.0 Å². The Bertz CT molecular complexity index is 802. The average Bonchev–Trinajstić information content (AvgIpc) is 2.62. The molecule has 0 radical (unpaired) electrons. The predicted octanol–water partition coefficient (Wildman–Crippen LogP) is 3.53. The van der Waals surface area contributed by atoms with Gasteiger partial charge in [-0.25, -0.2) is 0 Å². The smallest absolute Gasteiger partial charge is 0.250 e. The summed E-state index contributed by atoms with van der Waals surface area (Å²) in [5.74, 6) is 0.690. The van der Waals surface area contributed by atoms with E-state index in [4.69, 9.17) is 16.3 Å². The molecular weight excluding hydrogens is 336 g/mol. The molecule has 0 fully saturated rings. The number of ether oxygens (including phenoxy) is 1. The molecular formula is C20H21ClN2O2. The number of fused-ring (bicyclic) bond motifs is 1. The van der Waals surface area contributed by atoms with E-state index in [0.29, 0.717) is 17.1 Å². The zero-order chi connectivity index (χ0) is 17.8. The van der Waals surface area contributed by atoms with Crippen molar-refractivity contribution in [2.45, 2.75) is 6.04 Å². The highest BCUT2D eigenvalue weighted by atomic mass is 35.5. The normalized spacial score (nSPS) is 14.3. The molecule has 0 saturated carbocycles. The van der Waals surface area contributed by atoms with Crippen LogP contribution in [0.25, 0.3) is 6.08 Å². The molecule has 0 spiro atoms. The molecule has 5 heteroatoms. The van der Waals surface area contributed by atoms with Crippen molar-refractivity contribution in [3.8, 4) is 5.75 Å². The monoisotopic (exact) mass is 356 g/mol. The minimum absolute atomic E-state index is 0.00459. The molecule has 1 unspecified atom stereocenters. The number of hydrogen-bond acceptors (Lipinski definition) is 3. The van der Waals surface area contributed by atoms with Crippen molar-refractivity contribution < 1.29 is 9.53 Å². The van der Waals surface area contributed by atoms with Crippen LogP contribution < -0.4 is 10.1 Å². The molecule has 1 atom stereocenters. The van der Waals surface area contributed by atoms with Crippen LogP contribution in [0.2, 0.25) is 5.02 Å². The van der Waals surface area contributed by atoms with Crippen molar-refractivity contribution in [2.75, 3.05) is 27.2 Å². The van der Waals surface area contributed by atoms with E-state index in [0.717, 1.165) is 16.9 Å². The first-order chi connectivity index (χ1) is 12.1. The number of hydrogen-bond donors (Lipinski definition) is 1. The summed E-state index contributed by atoms with van der Waals surface area (Å²) in [6.07, 6.45) is 1.88. The highest BCUT2D eigenvalue weighted by Gasteiger charge is 2.21. The maximum absolute atomic E-state index is 12.5. The molecule has 2 aromatic carbocycles. The van der Waals surface area contributed by atoms with Gasteiger partial charge < -0.3 is 15.0 Å². The lowest BCUT2D eigenvalue weighted by Crippen LogP contribution is -2.36. The first-order valence-electron chi connectivity index (χ1n) is 8.17. The van der Waals surface area contributed by atoms with Crippen LogP contribution in [0.5, 0.6) is 5.75 Å². The van der Waals surface area contributed by atoms with Crippen LogP contribution in [0.3, 0.4) is 0 Å². The largest absolute Gasteiger partial charge is 0.488 e. The molecule has 1 N–H and O–H groups in total. The van der Waals surface area contributed by atoms with E-state index in [1.165, 1.54) is 0 Å². The van der Waals surface area contributed by atoms with Gasteiger partial charge in [-0.3, -0.25) is 4.79 Å². The molecule has 130 valence electrons. The van der Waals surface area contributed by atoms with Gasteiger partial charge in [0.15, 0.2) is 0 Å². The zero-order valence-electron chi connectivity index (χ0n) is 14.3. The molecule has 1 aliphatic heterocycles. The van der Waals surface area contributed by atoms with Gasteiger partial charge in [0.05, 0.1) is 11.6 Å².